The van der Waals surface area contributed by atoms with Gasteiger partial charge >= 0.3 is 5.97 Å². The highest BCUT2D eigenvalue weighted by atomic mass is 32.2. The molecule has 0 aliphatic rings. The van der Waals surface area contributed by atoms with Gasteiger partial charge in [-0.1, -0.05) is 20.8 Å². The van der Waals surface area contributed by atoms with Crippen LogP contribution in [-0.4, -0.2) is 39.5 Å². The first-order chi connectivity index (χ1) is 6.91. The fourth-order valence-corrected chi connectivity index (χ4v) is 2.87. The molecule has 0 rings (SSSR count). The van der Waals surface area contributed by atoms with Crippen molar-refractivity contribution in [3.05, 3.63) is 0 Å². The summed E-state index contributed by atoms with van der Waals surface area (Å²) < 4.78 is 16.8. The Hall–Kier alpha value is -0.420. The Morgan fingerprint density at radius 1 is 1.40 bits per heavy atom. The monoisotopic (exact) mass is 236 g/mol. The summed E-state index contributed by atoms with van der Waals surface area (Å²) in [6.07, 6.45) is 0.625. The third kappa shape index (κ3) is 4.75. The molecule has 0 saturated heterocycles. The first-order valence-corrected chi connectivity index (χ1v) is 6.30. The zero-order chi connectivity index (χ0) is 12.0. The molecule has 0 bridgehead atoms. The van der Waals surface area contributed by atoms with Gasteiger partial charge in [-0.15, -0.1) is 0 Å². The second kappa shape index (κ2) is 6.95. The van der Waals surface area contributed by atoms with Crippen molar-refractivity contribution in [1.29, 1.82) is 0 Å². The van der Waals surface area contributed by atoms with Crippen LogP contribution < -0.4 is 0 Å². The van der Waals surface area contributed by atoms with E-state index in [1.54, 1.807) is 27.9 Å². The van der Waals surface area contributed by atoms with Gasteiger partial charge in [0.05, 0.1) is 0 Å². The predicted octanol–water partition coefficient (Wildman–Crippen LogP) is 1.27. The third-order valence-corrected chi connectivity index (χ3v) is 4.50. The number of methoxy groups -OCH3 is 1. The summed E-state index contributed by atoms with van der Waals surface area (Å²) in [5.74, 6) is -1.10. The molecule has 0 fully saturated rings. The van der Waals surface area contributed by atoms with E-state index in [1.165, 1.54) is 0 Å². The summed E-state index contributed by atoms with van der Waals surface area (Å²) in [7, 11) is 0.232. The average molecular weight is 236 g/mol. The minimum Gasteiger partial charge on any atom is -0.480 e. The Balaban J connectivity index is 4.43. The van der Waals surface area contributed by atoms with E-state index >= 15 is 0 Å². The summed E-state index contributed by atoms with van der Waals surface area (Å²) in [4.78, 5) is 10.9. The quantitative estimate of drug-likeness (QED) is 0.723. The molecule has 0 heterocycles. The molecule has 3 atom stereocenters. The second-order valence-corrected chi connectivity index (χ2v) is 5.89. The van der Waals surface area contributed by atoms with Crippen molar-refractivity contribution in [3.63, 3.8) is 0 Å². The second-order valence-electron chi connectivity index (χ2n) is 3.92. The summed E-state index contributed by atoms with van der Waals surface area (Å²) in [5, 5.41) is 8.04. The van der Waals surface area contributed by atoms with Crippen LogP contribution in [0.3, 0.4) is 0 Å². The normalized spacial score (nSPS) is 17.4. The zero-order valence-corrected chi connectivity index (χ0v) is 10.5. The maximum Gasteiger partial charge on any atom is 0.319 e. The zero-order valence-electron chi connectivity index (χ0n) is 9.73. The molecule has 0 aliphatic carbocycles. The van der Waals surface area contributed by atoms with E-state index in [1.807, 2.05) is 0 Å². The Morgan fingerprint density at radius 2 is 1.93 bits per heavy atom. The minimum absolute atomic E-state index is 0.117. The van der Waals surface area contributed by atoms with Crippen molar-refractivity contribution in [2.45, 2.75) is 37.7 Å². The van der Waals surface area contributed by atoms with E-state index in [2.05, 4.69) is 0 Å². The molecular formula is C10H20O4S. The summed E-state index contributed by atoms with van der Waals surface area (Å²) in [5.41, 5.74) is 0. The molecule has 5 heteroatoms. The lowest BCUT2D eigenvalue weighted by Gasteiger charge is -2.20. The van der Waals surface area contributed by atoms with Gasteiger partial charge in [0.15, 0.2) is 0 Å². The standard InChI is InChI=1S/C10H20O4S/c1-7(2)9(10(11)12)15(13)8(3)5-6-14-4/h7-9H,5-6H2,1-4H3,(H,11,12). The molecule has 0 radical (unpaired) electrons. The SMILES string of the molecule is COCCC(C)S(=O)C(C(=O)O)C(C)C. The number of aliphatic carboxylic acids is 1. The molecule has 0 aliphatic heterocycles. The van der Waals surface area contributed by atoms with Crippen LogP contribution in [0.1, 0.15) is 27.2 Å². The molecule has 0 aromatic carbocycles. The van der Waals surface area contributed by atoms with Crippen LogP contribution in [0, 0.1) is 5.92 Å². The number of carboxylic acids is 1. The van der Waals surface area contributed by atoms with Crippen LogP contribution in [0.15, 0.2) is 0 Å². The van der Waals surface area contributed by atoms with Crippen LogP contribution in [0.4, 0.5) is 0 Å². The van der Waals surface area contributed by atoms with Crippen molar-refractivity contribution in [2.24, 2.45) is 5.92 Å². The molecular weight excluding hydrogens is 216 g/mol. The Morgan fingerprint density at radius 3 is 2.27 bits per heavy atom. The van der Waals surface area contributed by atoms with Gasteiger partial charge in [0, 0.05) is 29.8 Å². The topological polar surface area (TPSA) is 63.6 Å². The molecule has 3 unspecified atom stereocenters. The first-order valence-electron chi connectivity index (χ1n) is 5.03. The summed E-state index contributed by atoms with van der Waals surface area (Å²) in [6.45, 7) is 5.87. The molecule has 1 N–H and O–H groups in total. The maximum absolute atomic E-state index is 11.9. The van der Waals surface area contributed by atoms with Crippen LogP contribution in [0.2, 0.25) is 0 Å². The fraction of sp³-hybridized carbons (Fsp3) is 0.900. The fourth-order valence-electron chi connectivity index (χ4n) is 1.30. The van der Waals surface area contributed by atoms with Crippen molar-refractivity contribution in [3.8, 4) is 0 Å². The molecule has 90 valence electrons. The highest BCUT2D eigenvalue weighted by Gasteiger charge is 2.31. The molecule has 0 aromatic rings. The lowest BCUT2D eigenvalue weighted by atomic mass is 10.1. The number of rotatable bonds is 7. The van der Waals surface area contributed by atoms with Crippen LogP contribution in [0.25, 0.3) is 0 Å². The van der Waals surface area contributed by atoms with Gasteiger partial charge < -0.3 is 9.84 Å². The van der Waals surface area contributed by atoms with E-state index in [-0.39, 0.29) is 11.2 Å². The number of carbonyl (C=O) groups is 1. The van der Waals surface area contributed by atoms with Gasteiger partial charge in [-0.3, -0.25) is 9.00 Å². The third-order valence-electron chi connectivity index (χ3n) is 2.22. The van der Waals surface area contributed by atoms with E-state index in [4.69, 9.17) is 9.84 Å². The Bertz CT molecular complexity index is 227. The highest BCUT2D eigenvalue weighted by molar-refractivity contribution is 7.87. The predicted molar refractivity (Wildman–Crippen MR) is 60.4 cm³/mol. The molecule has 4 nitrogen and oxygen atoms in total. The van der Waals surface area contributed by atoms with E-state index in [0.29, 0.717) is 13.0 Å². The number of ether oxygens (including phenoxy) is 1. The maximum atomic E-state index is 11.9. The number of carboxylic acid groups (broad SMARTS) is 1. The number of hydrogen-bond donors (Lipinski definition) is 1. The molecule has 0 amide bonds. The lowest BCUT2D eigenvalue weighted by Crippen LogP contribution is -2.36. The van der Waals surface area contributed by atoms with Crippen LogP contribution in [0.5, 0.6) is 0 Å². The van der Waals surface area contributed by atoms with E-state index < -0.39 is 22.0 Å². The van der Waals surface area contributed by atoms with Crippen molar-refractivity contribution in [1.82, 2.24) is 0 Å². The van der Waals surface area contributed by atoms with Crippen molar-refractivity contribution < 1.29 is 18.8 Å². The van der Waals surface area contributed by atoms with Crippen LogP contribution >= 0.6 is 0 Å². The summed E-state index contributed by atoms with van der Waals surface area (Å²) in [6, 6.07) is 0. The van der Waals surface area contributed by atoms with Crippen LogP contribution in [-0.2, 0) is 20.3 Å². The smallest absolute Gasteiger partial charge is 0.319 e. The largest absolute Gasteiger partial charge is 0.480 e. The van der Waals surface area contributed by atoms with E-state index in [0.717, 1.165) is 0 Å². The van der Waals surface area contributed by atoms with E-state index in [9.17, 15) is 9.00 Å². The summed E-state index contributed by atoms with van der Waals surface area (Å²) >= 11 is 0. The Labute approximate surface area is 93.5 Å². The molecule has 0 spiro atoms. The number of hydrogen-bond acceptors (Lipinski definition) is 3. The van der Waals surface area contributed by atoms with Gasteiger partial charge in [-0.25, -0.2) is 0 Å². The van der Waals surface area contributed by atoms with Gasteiger partial charge in [0.2, 0.25) is 0 Å². The first kappa shape index (κ1) is 14.6. The molecule has 15 heavy (non-hydrogen) atoms. The van der Waals surface area contributed by atoms with Gasteiger partial charge in [-0.2, -0.15) is 0 Å². The average Bonchev–Trinajstić information content (AvgIpc) is 2.12. The van der Waals surface area contributed by atoms with Gasteiger partial charge in [-0.05, 0) is 12.3 Å². The molecule has 0 saturated carbocycles. The lowest BCUT2D eigenvalue weighted by molar-refractivity contribution is -0.137. The Kier molecular flexibility index (Phi) is 6.76. The van der Waals surface area contributed by atoms with Crippen molar-refractivity contribution >= 4 is 16.8 Å². The van der Waals surface area contributed by atoms with Gasteiger partial charge in [0.1, 0.15) is 5.25 Å². The van der Waals surface area contributed by atoms with Gasteiger partial charge in [0.25, 0.3) is 0 Å². The van der Waals surface area contributed by atoms with Crippen molar-refractivity contribution in [2.75, 3.05) is 13.7 Å². The molecule has 0 aromatic heterocycles. The highest BCUT2D eigenvalue weighted by Crippen LogP contribution is 2.15. The minimum atomic E-state index is -1.34.